The zero-order valence-electron chi connectivity index (χ0n) is 13.4. The minimum atomic E-state index is -0.159. The predicted octanol–water partition coefficient (Wildman–Crippen LogP) is 2.35. The van der Waals surface area contributed by atoms with Crippen molar-refractivity contribution in [2.45, 2.75) is 26.4 Å². The summed E-state index contributed by atoms with van der Waals surface area (Å²) in [5.74, 6) is -0.152. The molecule has 0 aromatic heterocycles. The Morgan fingerprint density at radius 1 is 1.43 bits per heavy atom. The molecule has 0 unspecified atom stereocenters. The Morgan fingerprint density at radius 2 is 2.22 bits per heavy atom. The number of carbonyl (C=O) groups is 2. The van der Waals surface area contributed by atoms with Crippen LogP contribution < -0.4 is 10.6 Å². The maximum Gasteiger partial charge on any atom is 0.242 e. The van der Waals surface area contributed by atoms with E-state index in [1.54, 1.807) is 23.1 Å². The summed E-state index contributed by atoms with van der Waals surface area (Å²) < 4.78 is 5.57. The molecule has 126 valence electrons. The van der Waals surface area contributed by atoms with E-state index in [4.69, 9.17) is 16.3 Å². The van der Waals surface area contributed by atoms with Crippen molar-refractivity contribution < 1.29 is 14.3 Å². The summed E-state index contributed by atoms with van der Waals surface area (Å²) in [6.07, 6.45) is 1.00. The van der Waals surface area contributed by atoms with E-state index in [1.807, 2.05) is 6.92 Å². The highest BCUT2D eigenvalue weighted by molar-refractivity contribution is 6.33. The highest BCUT2D eigenvalue weighted by atomic mass is 35.5. The standard InChI is InChI=1S/C16H22ClN3O3/c1-3-13-10-20(6-7-23-13)16(22)9-18-15-8-12(19-11(2)21)4-5-14(15)17/h4-5,8,13,18H,3,6-7,9-10H2,1-2H3,(H,19,21)/t13-/m1/s1. The zero-order chi connectivity index (χ0) is 16.8. The van der Waals surface area contributed by atoms with E-state index in [1.165, 1.54) is 6.92 Å². The van der Waals surface area contributed by atoms with Crippen LogP contribution in [0.3, 0.4) is 0 Å². The van der Waals surface area contributed by atoms with Crippen LogP contribution in [-0.2, 0) is 14.3 Å². The summed E-state index contributed by atoms with van der Waals surface area (Å²) >= 11 is 6.13. The van der Waals surface area contributed by atoms with Gasteiger partial charge in [0, 0.05) is 25.7 Å². The summed E-state index contributed by atoms with van der Waals surface area (Å²) in [6.45, 7) is 5.44. The molecule has 1 fully saturated rings. The van der Waals surface area contributed by atoms with Gasteiger partial charge < -0.3 is 20.3 Å². The van der Waals surface area contributed by atoms with Crippen LogP contribution in [0.5, 0.6) is 0 Å². The molecule has 0 radical (unpaired) electrons. The molecular formula is C16H22ClN3O3. The van der Waals surface area contributed by atoms with Gasteiger partial charge in [-0.1, -0.05) is 18.5 Å². The largest absolute Gasteiger partial charge is 0.375 e. The van der Waals surface area contributed by atoms with Crippen LogP contribution in [0.1, 0.15) is 20.3 Å². The highest BCUT2D eigenvalue weighted by Gasteiger charge is 2.22. The second-order valence-electron chi connectivity index (χ2n) is 5.47. The van der Waals surface area contributed by atoms with Crippen LogP contribution in [0.15, 0.2) is 18.2 Å². The summed E-state index contributed by atoms with van der Waals surface area (Å²) in [4.78, 5) is 25.2. The van der Waals surface area contributed by atoms with Crippen LogP contribution >= 0.6 is 11.6 Å². The number of hydrogen-bond donors (Lipinski definition) is 2. The third-order valence-electron chi connectivity index (χ3n) is 3.66. The molecule has 2 N–H and O–H groups in total. The molecule has 1 aromatic carbocycles. The average molecular weight is 340 g/mol. The van der Waals surface area contributed by atoms with Gasteiger partial charge in [0.25, 0.3) is 0 Å². The Hall–Kier alpha value is -1.79. The molecule has 0 bridgehead atoms. The third kappa shape index (κ3) is 5.11. The maximum absolute atomic E-state index is 12.3. The van der Waals surface area contributed by atoms with Gasteiger partial charge in [-0.2, -0.15) is 0 Å². The Bertz CT molecular complexity index is 580. The number of nitrogens with zero attached hydrogens (tertiary/aromatic N) is 1. The van der Waals surface area contributed by atoms with E-state index in [9.17, 15) is 9.59 Å². The van der Waals surface area contributed by atoms with Gasteiger partial charge in [0.15, 0.2) is 0 Å². The van der Waals surface area contributed by atoms with Crippen LogP contribution in [-0.4, -0.2) is 49.1 Å². The lowest BCUT2D eigenvalue weighted by atomic mass is 10.2. The van der Waals surface area contributed by atoms with Crippen molar-refractivity contribution >= 4 is 34.8 Å². The number of halogens is 1. The lowest BCUT2D eigenvalue weighted by Gasteiger charge is -2.32. The molecule has 1 aromatic rings. The lowest BCUT2D eigenvalue weighted by molar-refractivity contribution is -0.136. The molecule has 7 heteroatoms. The Morgan fingerprint density at radius 3 is 2.91 bits per heavy atom. The van der Waals surface area contributed by atoms with Crippen molar-refractivity contribution in [3.05, 3.63) is 23.2 Å². The topological polar surface area (TPSA) is 70.7 Å². The molecule has 1 saturated heterocycles. The number of carbonyl (C=O) groups excluding carboxylic acids is 2. The van der Waals surface area contributed by atoms with E-state index in [-0.39, 0.29) is 24.5 Å². The molecular weight excluding hydrogens is 318 g/mol. The summed E-state index contributed by atoms with van der Waals surface area (Å²) in [7, 11) is 0. The van der Waals surface area contributed by atoms with E-state index in [0.717, 1.165) is 6.42 Å². The Labute approximate surface area is 141 Å². The molecule has 23 heavy (non-hydrogen) atoms. The molecule has 1 atom stereocenters. The Balaban J connectivity index is 1.94. The fourth-order valence-electron chi connectivity index (χ4n) is 2.42. The van der Waals surface area contributed by atoms with Crippen molar-refractivity contribution in [3.8, 4) is 0 Å². The number of nitrogens with one attached hydrogen (secondary N) is 2. The fraction of sp³-hybridized carbons (Fsp3) is 0.500. The summed E-state index contributed by atoms with van der Waals surface area (Å²) in [5.41, 5.74) is 1.25. The molecule has 2 rings (SSSR count). The Kier molecular flexibility index (Phi) is 6.24. The minimum absolute atomic E-state index is 0.00717. The number of amides is 2. The number of anilines is 2. The van der Waals surface area contributed by atoms with Gasteiger partial charge >= 0.3 is 0 Å². The second kappa shape index (κ2) is 8.17. The van der Waals surface area contributed by atoms with Gasteiger partial charge in [0.1, 0.15) is 0 Å². The smallest absolute Gasteiger partial charge is 0.242 e. The molecule has 0 spiro atoms. The number of benzene rings is 1. The number of hydrogen-bond acceptors (Lipinski definition) is 4. The number of rotatable bonds is 5. The summed E-state index contributed by atoms with van der Waals surface area (Å²) in [5, 5.41) is 6.23. The first-order valence-electron chi connectivity index (χ1n) is 7.70. The molecule has 2 amide bonds. The first-order chi connectivity index (χ1) is 11.0. The minimum Gasteiger partial charge on any atom is -0.375 e. The monoisotopic (exact) mass is 339 g/mol. The molecule has 1 aliphatic rings. The predicted molar refractivity (Wildman–Crippen MR) is 90.9 cm³/mol. The third-order valence-corrected chi connectivity index (χ3v) is 3.99. The number of ether oxygens (including phenoxy) is 1. The van der Waals surface area contributed by atoms with E-state index >= 15 is 0 Å². The van der Waals surface area contributed by atoms with E-state index < -0.39 is 0 Å². The van der Waals surface area contributed by atoms with Gasteiger partial charge in [0.05, 0.1) is 30.0 Å². The van der Waals surface area contributed by atoms with Crippen LogP contribution in [0.4, 0.5) is 11.4 Å². The van der Waals surface area contributed by atoms with Crippen molar-refractivity contribution in [1.82, 2.24) is 4.90 Å². The first kappa shape index (κ1) is 17.6. The normalized spacial score (nSPS) is 17.7. The first-order valence-corrected chi connectivity index (χ1v) is 8.07. The number of morpholine rings is 1. The molecule has 0 aliphatic carbocycles. The van der Waals surface area contributed by atoms with E-state index in [0.29, 0.717) is 36.1 Å². The van der Waals surface area contributed by atoms with Crippen LogP contribution in [0.25, 0.3) is 0 Å². The van der Waals surface area contributed by atoms with Gasteiger partial charge in [-0.05, 0) is 24.6 Å². The van der Waals surface area contributed by atoms with Crippen molar-refractivity contribution in [2.24, 2.45) is 0 Å². The lowest BCUT2D eigenvalue weighted by Crippen LogP contribution is -2.47. The van der Waals surface area contributed by atoms with Crippen molar-refractivity contribution in [2.75, 3.05) is 36.9 Å². The van der Waals surface area contributed by atoms with Crippen molar-refractivity contribution in [1.29, 1.82) is 0 Å². The quantitative estimate of drug-likeness (QED) is 0.864. The summed E-state index contributed by atoms with van der Waals surface area (Å²) in [6, 6.07) is 5.11. The fourth-order valence-corrected chi connectivity index (χ4v) is 2.60. The average Bonchev–Trinajstić information content (AvgIpc) is 2.54. The SMILES string of the molecule is CC[C@@H]1CN(C(=O)CNc2cc(NC(C)=O)ccc2Cl)CCO1. The maximum atomic E-state index is 12.3. The molecule has 0 saturated carbocycles. The second-order valence-corrected chi connectivity index (χ2v) is 5.88. The van der Waals surface area contributed by atoms with Gasteiger partial charge in [-0.25, -0.2) is 0 Å². The van der Waals surface area contributed by atoms with Gasteiger partial charge in [-0.3, -0.25) is 9.59 Å². The molecule has 1 heterocycles. The molecule has 6 nitrogen and oxygen atoms in total. The van der Waals surface area contributed by atoms with Gasteiger partial charge in [0.2, 0.25) is 11.8 Å². The molecule has 1 aliphatic heterocycles. The van der Waals surface area contributed by atoms with Crippen LogP contribution in [0.2, 0.25) is 5.02 Å². The van der Waals surface area contributed by atoms with E-state index in [2.05, 4.69) is 10.6 Å². The highest BCUT2D eigenvalue weighted by Crippen LogP contribution is 2.25. The van der Waals surface area contributed by atoms with Gasteiger partial charge in [-0.15, -0.1) is 0 Å². The zero-order valence-corrected chi connectivity index (χ0v) is 14.2. The van der Waals surface area contributed by atoms with Crippen molar-refractivity contribution in [3.63, 3.8) is 0 Å². The van der Waals surface area contributed by atoms with Crippen LogP contribution in [0, 0.1) is 0 Å².